The lowest BCUT2D eigenvalue weighted by Crippen LogP contribution is -1.77. The Kier molecular flexibility index (Phi) is 1.32. The van der Waals surface area contributed by atoms with Gasteiger partial charge in [-0.2, -0.15) is 0 Å². The van der Waals surface area contributed by atoms with Gasteiger partial charge in [0.05, 0.1) is 0 Å². The first kappa shape index (κ1) is 6.28. The Balaban J connectivity index is 2.83. The van der Waals surface area contributed by atoms with Gasteiger partial charge >= 0.3 is 0 Å². The van der Waals surface area contributed by atoms with Crippen molar-refractivity contribution < 1.29 is 4.39 Å². The molecule has 2 rings (SSSR count). The van der Waals surface area contributed by atoms with Crippen molar-refractivity contribution in [1.82, 2.24) is 4.98 Å². The zero-order chi connectivity index (χ0) is 7.68. The van der Waals surface area contributed by atoms with Gasteiger partial charge in [-0.3, -0.25) is 4.98 Å². The van der Waals surface area contributed by atoms with E-state index in [0.29, 0.717) is 0 Å². The fraction of sp³-hybridized carbons (Fsp3) is 0. The third kappa shape index (κ3) is 1.07. The SMILES string of the molecule is Fc1[c]c2ccncc2cc1. The fourth-order valence-corrected chi connectivity index (χ4v) is 0.987. The number of rotatable bonds is 0. The Morgan fingerprint density at radius 2 is 2.18 bits per heavy atom. The Hall–Kier alpha value is -1.44. The maximum Gasteiger partial charge on any atom is 0.131 e. The summed E-state index contributed by atoms with van der Waals surface area (Å²) in [6.45, 7) is 0. The Labute approximate surface area is 63.5 Å². The molecule has 0 spiro atoms. The van der Waals surface area contributed by atoms with Crippen molar-refractivity contribution in [2.45, 2.75) is 0 Å². The number of nitrogens with zero attached hydrogens (tertiary/aromatic N) is 1. The van der Waals surface area contributed by atoms with E-state index in [1.54, 1.807) is 24.5 Å². The predicted octanol–water partition coefficient (Wildman–Crippen LogP) is 2.17. The summed E-state index contributed by atoms with van der Waals surface area (Å²) in [5.41, 5.74) is 0. The standard InChI is InChI=1S/C9H5FN/c10-9-2-1-8-6-11-4-3-7(8)5-9/h1-4,6H. The third-order valence-corrected chi connectivity index (χ3v) is 1.52. The molecule has 0 unspecified atom stereocenters. The third-order valence-electron chi connectivity index (χ3n) is 1.52. The summed E-state index contributed by atoms with van der Waals surface area (Å²) in [5, 5.41) is 1.67. The minimum absolute atomic E-state index is 0.330. The normalized spacial score (nSPS) is 10.3. The van der Waals surface area contributed by atoms with Crippen molar-refractivity contribution >= 4 is 10.8 Å². The van der Waals surface area contributed by atoms with Gasteiger partial charge in [-0.15, -0.1) is 0 Å². The summed E-state index contributed by atoms with van der Waals surface area (Å²) < 4.78 is 12.6. The lowest BCUT2D eigenvalue weighted by atomic mass is 10.2. The van der Waals surface area contributed by atoms with Crippen LogP contribution >= 0.6 is 0 Å². The summed E-state index contributed by atoms with van der Waals surface area (Å²) >= 11 is 0. The highest BCUT2D eigenvalue weighted by molar-refractivity contribution is 5.80. The number of hydrogen-bond donors (Lipinski definition) is 0. The highest BCUT2D eigenvalue weighted by Crippen LogP contribution is 2.11. The molecule has 11 heavy (non-hydrogen) atoms. The van der Waals surface area contributed by atoms with Gasteiger partial charge in [-0.25, -0.2) is 4.39 Å². The van der Waals surface area contributed by atoms with Crippen molar-refractivity contribution in [2.75, 3.05) is 0 Å². The summed E-state index contributed by atoms with van der Waals surface area (Å²) in [5.74, 6) is -0.330. The van der Waals surface area contributed by atoms with Crippen LogP contribution in [0.4, 0.5) is 4.39 Å². The maximum atomic E-state index is 12.6. The quantitative estimate of drug-likeness (QED) is 0.555. The van der Waals surface area contributed by atoms with Gasteiger partial charge in [0.2, 0.25) is 0 Å². The van der Waals surface area contributed by atoms with E-state index in [-0.39, 0.29) is 5.82 Å². The second kappa shape index (κ2) is 2.31. The molecule has 0 saturated heterocycles. The van der Waals surface area contributed by atoms with E-state index in [0.717, 1.165) is 10.8 Å². The first-order valence-corrected chi connectivity index (χ1v) is 3.28. The molecule has 1 aromatic heterocycles. The zero-order valence-electron chi connectivity index (χ0n) is 5.71. The summed E-state index contributed by atoms with van der Waals surface area (Å²) in [4.78, 5) is 3.90. The Bertz CT molecular complexity index is 384. The zero-order valence-corrected chi connectivity index (χ0v) is 5.71. The van der Waals surface area contributed by atoms with Crippen LogP contribution in [0.2, 0.25) is 0 Å². The second-order valence-corrected chi connectivity index (χ2v) is 2.27. The van der Waals surface area contributed by atoms with Crippen molar-refractivity contribution in [2.24, 2.45) is 0 Å². The molecule has 0 aliphatic carbocycles. The average molecular weight is 146 g/mol. The molecular weight excluding hydrogens is 141 g/mol. The van der Waals surface area contributed by atoms with Gasteiger partial charge in [0.1, 0.15) is 5.82 Å². The molecule has 0 aliphatic heterocycles. The smallest absolute Gasteiger partial charge is 0.131 e. The molecule has 1 heterocycles. The maximum absolute atomic E-state index is 12.6. The van der Waals surface area contributed by atoms with Gasteiger partial charge in [0, 0.05) is 23.8 Å². The molecule has 0 N–H and O–H groups in total. The van der Waals surface area contributed by atoms with Crippen LogP contribution in [0, 0.1) is 11.9 Å². The first-order chi connectivity index (χ1) is 5.36. The fourth-order valence-electron chi connectivity index (χ4n) is 0.987. The minimum Gasteiger partial charge on any atom is -0.264 e. The molecule has 0 aliphatic rings. The topological polar surface area (TPSA) is 12.9 Å². The monoisotopic (exact) mass is 146 g/mol. The van der Waals surface area contributed by atoms with Gasteiger partial charge in [0.15, 0.2) is 0 Å². The summed E-state index contributed by atoms with van der Waals surface area (Å²) in [6.07, 6.45) is 3.31. The molecular formula is C9H5FN. The van der Waals surface area contributed by atoms with Crippen LogP contribution in [0.25, 0.3) is 10.8 Å². The van der Waals surface area contributed by atoms with Crippen LogP contribution in [0.15, 0.2) is 30.6 Å². The van der Waals surface area contributed by atoms with Crippen LogP contribution in [-0.2, 0) is 0 Å². The average Bonchev–Trinajstić information content (AvgIpc) is 2.04. The molecule has 1 radical (unpaired) electrons. The lowest BCUT2D eigenvalue weighted by Gasteiger charge is -1.93. The minimum atomic E-state index is -0.330. The number of pyridine rings is 1. The number of halogens is 1. The lowest BCUT2D eigenvalue weighted by molar-refractivity contribution is 0.627. The molecule has 2 aromatic rings. The Morgan fingerprint density at radius 1 is 1.27 bits per heavy atom. The number of aromatic nitrogens is 1. The Morgan fingerprint density at radius 3 is 3.09 bits per heavy atom. The summed E-state index contributed by atoms with van der Waals surface area (Å²) in [7, 11) is 0. The van der Waals surface area contributed by atoms with E-state index in [1.807, 2.05) is 0 Å². The van der Waals surface area contributed by atoms with Gasteiger partial charge in [-0.05, 0) is 23.6 Å². The highest BCUT2D eigenvalue weighted by atomic mass is 19.1. The van der Waals surface area contributed by atoms with Crippen LogP contribution in [0.3, 0.4) is 0 Å². The van der Waals surface area contributed by atoms with Gasteiger partial charge in [0.25, 0.3) is 0 Å². The molecule has 0 saturated carbocycles. The van der Waals surface area contributed by atoms with E-state index in [4.69, 9.17) is 0 Å². The van der Waals surface area contributed by atoms with Crippen molar-refractivity contribution in [3.8, 4) is 0 Å². The van der Waals surface area contributed by atoms with Crippen LogP contribution in [0.5, 0.6) is 0 Å². The number of hydrogen-bond acceptors (Lipinski definition) is 1. The van der Waals surface area contributed by atoms with Crippen LogP contribution in [0.1, 0.15) is 0 Å². The van der Waals surface area contributed by atoms with Gasteiger partial charge < -0.3 is 0 Å². The molecule has 2 heteroatoms. The van der Waals surface area contributed by atoms with E-state index in [2.05, 4.69) is 11.1 Å². The molecule has 53 valence electrons. The van der Waals surface area contributed by atoms with Crippen LogP contribution in [-0.4, -0.2) is 4.98 Å². The first-order valence-electron chi connectivity index (χ1n) is 3.28. The predicted molar refractivity (Wildman–Crippen MR) is 40.5 cm³/mol. The van der Waals surface area contributed by atoms with Crippen molar-refractivity contribution in [3.05, 3.63) is 42.5 Å². The van der Waals surface area contributed by atoms with Gasteiger partial charge in [-0.1, -0.05) is 0 Å². The molecule has 0 fully saturated rings. The molecule has 1 nitrogen and oxygen atoms in total. The van der Waals surface area contributed by atoms with E-state index in [9.17, 15) is 4.39 Å². The molecule has 0 amide bonds. The van der Waals surface area contributed by atoms with E-state index < -0.39 is 0 Å². The highest BCUT2D eigenvalue weighted by Gasteiger charge is 1.93. The van der Waals surface area contributed by atoms with Crippen molar-refractivity contribution in [1.29, 1.82) is 0 Å². The molecule has 1 aromatic carbocycles. The summed E-state index contributed by atoms with van der Waals surface area (Å²) in [6, 6.07) is 7.39. The number of fused-ring (bicyclic) bond motifs is 1. The second-order valence-electron chi connectivity index (χ2n) is 2.27. The largest absolute Gasteiger partial charge is 0.264 e. The molecule has 0 atom stereocenters. The van der Waals surface area contributed by atoms with Crippen molar-refractivity contribution in [3.63, 3.8) is 0 Å². The van der Waals surface area contributed by atoms with Crippen LogP contribution < -0.4 is 0 Å². The van der Waals surface area contributed by atoms with E-state index >= 15 is 0 Å². The van der Waals surface area contributed by atoms with E-state index in [1.165, 1.54) is 6.07 Å². The molecule has 0 bridgehead atoms. The number of benzene rings is 1.